The molecule has 0 aliphatic rings. The van der Waals surface area contributed by atoms with Gasteiger partial charge in [-0.25, -0.2) is 13.5 Å². The second-order valence-electron chi connectivity index (χ2n) is 4.58. The Balaban J connectivity index is 1.80. The summed E-state index contributed by atoms with van der Waals surface area (Å²) in [7, 11) is 1.44. The molecule has 0 fully saturated rings. The van der Waals surface area contributed by atoms with Gasteiger partial charge in [-0.2, -0.15) is 5.10 Å². The van der Waals surface area contributed by atoms with Gasteiger partial charge in [-0.05, 0) is 18.2 Å². The highest BCUT2D eigenvalue weighted by atomic mass is 19.1. The van der Waals surface area contributed by atoms with E-state index in [9.17, 15) is 18.4 Å². The number of ether oxygens (including phenoxy) is 1. The van der Waals surface area contributed by atoms with Gasteiger partial charge in [0.2, 0.25) is 0 Å². The summed E-state index contributed by atoms with van der Waals surface area (Å²) in [5.74, 6) is 3.10. The minimum atomic E-state index is -0.814. The van der Waals surface area contributed by atoms with Gasteiger partial charge in [0.15, 0.2) is 11.6 Å². The minimum absolute atomic E-state index is 0.0264. The highest BCUT2D eigenvalue weighted by Crippen LogP contribution is 2.17. The predicted molar refractivity (Wildman–Crippen MR) is 81.4 cm³/mol. The second-order valence-corrected chi connectivity index (χ2v) is 4.58. The lowest BCUT2D eigenvalue weighted by molar-refractivity contribution is 0.0951. The molecule has 2 aromatic rings. The summed E-state index contributed by atoms with van der Waals surface area (Å²) in [4.78, 5) is 22.9. The second kappa shape index (κ2) is 7.87. The van der Waals surface area contributed by atoms with Gasteiger partial charge in [0.25, 0.3) is 11.5 Å². The summed E-state index contributed by atoms with van der Waals surface area (Å²) in [5, 5.41) is 6.28. The summed E-state index contributed by atoms with van der Waals surface area (Å²) in [6.07, 6.45) is 0. The number of hydrogen-bond donors (Lipinski definition) is 1. The zero-order valence-electron chi connectivity index (χ0n) is 12.7. The van der Waals surface area contributed by atoms with Gasteiger partial charge >= 0.3 is 0 Å². The van der Waals surface area contributed by atoms with Crippen LogP contribution in [0.2, 0.25) is 0 Å². The van der Waals surface area contributed by atoms with E-state index in [1.54, 1.807) is 0 Å². The number of aryl methyl sites for hydroxylation is 1. The molecule has 0 saturated carbocycles. The zero-order valence-corrected chi connectivity index (χ0v) is 12.7. The van der Waals surface area contributed by atoms with Crippen LogP contribution < -0.4 is 15.6 Å². The first-order valence-electron chi connectivity index (χ1n) is 6.83. The van der Waals surface area contributed by atoms with Crippen LogP contribution in [0.3, 0.4) is 0 Å². The number of nitrogens with one attached hydrogen (secondary N) is 1. The Morgan fingerprint density at radius 2 is 2.08 bits per heavy atom. The maximum absolute atomic E-state index is 13.3. The molecule has 8 heteroatoms. The van der Waals surface area contributed by atoms with Gasteiger partial charge in [0.1, 0.15) is 18.1 Å². The Morgan fingerprint density at radius 1 is 1.29 bits per heavy atom. The standard InChI is InChI=1S/C16H13F2N3O3/c1-21-15(22)7-5-13(20-21)16(23)19-8-2-3-9-24-14-6-4-11(17)10-12(14)18/h4-7,10H,8-9H2,1H3,(H,19,23). The lowest BCUT2D eigenvalue weighted by Gasteiger charge is -2.03. The highest BCUT2D eigenvalue weighted by Gasteiger charge is 2.07. The smallest absolute Gasteiger partial charge is 0.272 e. The normalized spacial score (nSPS) is 9.79. The van der Waals surface area contributed by atoms with Crippen LogP contribution in [0.25, 0.3) is 0 Å². The topological polar surface area (TPSA) is 73.2 Å². The molecule has 0 unspecified atom stereocenters. The van der Waals surface area contributed by atoms with Crippen molar-refractivity contribution in [1.29, 1.82) is 0 Å². The SMILES string of the molecule is Cn1nc(C(=O)NCC#CCOc2ccc(F)cc2F)ccc1=O. The Morgan fingerprint density at radius 3 is 2.79 bits per heavy atom. The zero-order chi connectivity index (χ0) is 17.5. The van der Waals surface area contributed by atoms with E-state index in [-0.39, 0.29) is 30.2 Å². The number of benzene rings is 1. The molecule has 1 heterocycles. The number of hydrogen-bond acceptors (Lipinski definition) is 4. The number of nitrogens with zero attached hydrogens (tertiary/aromatic N) is 2. The maximum Gasteiger partial charge on any atom is 0.272 e. The minimum Gasteiger partial charge on any atom is -0.478 e. The van der Waals surface area contributed by atoms with Crippen molar-refractivity contribution in [3.8, 4) is 17.6 Å². The first-order valence-corrected chi connectivity index (χ1v) is 6.83. The van der Waals surface area contributed by atoms with Crippen molar-refractivity contribution in [2.45, 2.75) is 0 Å². The van der Waals surface area contributed by atoms with Crippen LogP contribution in [-0.2, 0) is 7.05 Å². The molecule has 0 atom stereocenters. The molecule has 0 radical (unpaired) electrons. The molecule has 24 heavy (non-hydrogen) atoms. The first-order chi connectivity index (χ1) is 11.5. The van der Waals surface area contributed by atoms with Crippen LogP contribution in [0.5, 0.6) is 5.75 Å². The maximum atomic E-state index is 13.3. The summed E-state index contributed by atoms with van der Waals surface area (Å²) in [6.45, 7) is -0.0882. The van der Waals surface area contributed by atoms with Crippen molar-refractivity contribution in [1.82, 2.24) is 15.1 Å². The molecule has 0 saturated heterocycles. The molecular formula is C16H13F2N3O3. The summed E-state index contributed by atoms with van der Waals surface area (Å²) in [5.41, 5.74) is -0.236. The number of halogens is 2. The van der Waals surface area contributed by atoms with Gasteiger partial charge < -0.3 is 10.1 Å². The Hall–Kier alpha value is -3.21. The van der Waals surface area contributed by atoms with E-state index in [1.807, 2.05) is 0 Å². The average molecular weight is 333 g/mol. The summed E-state index contributed by atoms with van der Waals surface area (Å²) in [6, 6.07) is 5.50. The lowest BCUT2D eigenvalue weighted by atomic mass is 10.3. The van der Waals surface area contributed by atoms with E-state index >= 15 is 0 Å². The predicted octanol–water partition coefficient (Wildman–Crippen LogP) is 0.871. The molecule has 1 N–H and O–H groups in total. The van der Waals surface area contributed by atoms with Gasteiger partial charge in [-0.1, -0.05) is 11.8 Å². The lowest BCUT2D eigenvalue weighted by Crippen LogP contribution is -2.28. The number of rotatable bonds is 4. The van der Waals surface area contributed by atoms with Crippen molar-refractivity contribution in [2.75, 3.05) is 13.2 Å². The van der Waals surface area contributed by atoms with Gasteiger partial charge in [-0.3, -0.25) is 9.59 Å². The molecule has 0 spiro atoms. The van der Waals surface area contributed by atoms with Gasteiger partial charge in [-0.15, -0.1) is 0 Å². The van der Waals surface area contributed by atoms with Crippen LogP contribution in [-0.4, -0.2) is 28.8 Å². The van der Waals surface area contributed by atoms with Crippen LogP contribution >= 0.6 is 0 Å². The Kier molecular flexibility index (Phi) is 5.63. The van der Waals surface area contributed by atoms with Crippen molar-refractivity contribution >= 4 is 5.91 Å². The molecule has 1 aromatic heterocycles. The van der Waals surface area contributed by atoms with E-state index in [2.05, 4.69) is 22.3 Å². The van der Waals surface area contributed by atoms with Gasteiger partial charge in [0, 0.05) is 19.2 Å². The molecular weight excluding hydrogens is 320 g/mol. The first kappa shape index (κ1) is 17.1. The molecule has 1 aromatic carbocycles. The van der Waals surface area contributed by atoms with E-state index in [1.165, 1.54) is 25.2 Å². The monoisotopic (exact) mass is 333 g/mol. The van der Waals surface area contributed by atoms with Crippen molar-refractivity contribution in [3.05, 3.63) is 58.0 Å². The fourth-order valence-corrected chi connectivity index (χ4v) is 1.66. The van der Waals surface area contributed by atoms with Crippen LogP contribution in [0.15, 0.2) is 35.1 Å². The van der Waals surface area contributed by atoms with Gasteiger partial charge in [0.05, 0.1) is 6.54 Å². The largest absolute Gasteiger partial charge is 0.478 e. The summed E-state index contributed by atoms with van der Waals surface area (Å²) >= 11 is 0. The quantitative estimate of drug-likeness (QED) is 0.843. The number of amides is 1. The fraction of sp³-hybridized carbons (Fsp3) is 0.188. The summed E-state index contributed by atoms with van der Waals surface area (Å²) < 4.78 is 32.1. The molecule has 1 amide bonds. The third kappa shape index (κ3) is 4.64. The molecule has 0 aliphatic heterocycles. The van der Waals surface area contributed by atoms with Crippen LogP contribution in [0.1, 0.15) is 10.5 Å². The molecule has 124 valence electrons. The molecule has 0 aliphatic carbocycles. The van der Waals surface area contributed by atoms with Crippen LogP contribution in [0.4, 0.5) is 8.78 Å². The number of aromatic nitrogens is 2. The van der Waals surface area contributed by atoms with E-state index in [0.717, 1.165) is 10.7 Å². The van der Waals surface area contributed by atoms with E-state index in [4.69, 9.17) is 4.74 Å². The van der Waals surface area contributed by atoms with E-state index < -0.39 is 17.5 Å². The van der Waals surface area contributed by atoms with Crippen molar-refractivity contribution < 1.29 is 18.3 Å². The Bertz CT molecular complexity index is 869. The number of carbonyl (C=O) groups excluding carboxylic acids is 1. The molecule has 2 rings (SSSR count). The fourth-order valence-electron chi connectivity index (χ4n) is 1.66. The Labute approximate surface area is 136 Å². The third-order valence-corrected chi connectivity index (χ3v) is 2.85. The van der Waals surface area contributed by atoms with Crippen LogP contribution in [0, 0.1) is 23.5 Å². The highest BCUT2D eigenvalue weighted by molar-refractivity contribution is 5.92. The number of carbonyl (C=O) groups is 1. The molecule has 0 bridgehead atoms. The average Bonchev–Trinajstić information content (AvgIpc) is 2.54. The van der Waals surface area contributed by atoms with E-state index in [0.29, 0.717) is 6.07 Å². The molecule has 6 nitrogen and oxygen atoms in total. The van der Waals surface area contributed by atoms with Crippen molar-refractivity contribution in [2.24, 2.45) is 7.05 Å². The van der Waals surface area contributed by atoms with Crippen molar-refractivity contribution in [3.63, 3.8) is 0 Å². The third-order valence-electron chi connectivity index (χ3n) is 2.85.